The molecule has 1 aliphatic rings. The summed E-state index contributed by atoms with van der Waals surface area (Å²) in [6, 6.07) is 22.7. The second-order valence-corrected chi connectivity index (χ2v) is 8.98. The molecular formula is C30H42FN2OP. The molecule has 0 spiro atoms. The number of carbonyl (C=O) groups is 1. The highest BCUT2D eigenvalue weighted by molar-refractivity contribution is 7.48. The van der Waals surface area contributed by atoms with Crippen molar-refractivity contribution < 1.29 is 9.18 Å². The number of carbonyl (C=O) groups excluding carboxylic acids is 1. The number of hydrogen-bond donors (Lipinski definition) is 0. The molecule has 0 bridgehead atoms. The average molecular weight is 497 g/mol. The summed E-state index contributed by atoms with van der Waals surface area (Å²) in [5, 5.41) is 1.12. The zero-order chi connectivity index (χ0) is 26.4. The van der Waals surface area contributed by atoms with Crippen LogP contribution < -0.4 is 10.2 Å². The Labute approximate surface area is 214 Å². The Morgan fingerprint density at radius 2 is 1.43 bits per heavy atom. The van der Waals surface area contributed by atoms with Crippen molar-refractivity contribution in [3.8, 4) is 0 Å². The maximum Gasteiger partial charge on any atom is 0.255 e. The van der Waals surface area contributed by atoms with E-state index in [9.17, 15) is 9.18 Å². The highest BCUT2D eigenvalue weighted by atomic mass is 31.1. The quantitative estimate of drug-likeness (QED) is 0.334. The Bertz CT molecular complexity index is 1010. The molecule has 35 heavy (non-hydrogen) atoms. The number of anilines is 2. The molecule has 3 aromatic carbocycles. The second-order valence-electron chi connectivity index (χ2n) is 7.32. The molecule has 0 N–H and O–H groups in total. The van der Waals surface area contributed by atoms with E-state index in [0.29, 0.717) is 15.1 Å². The molecule has 0 aromatic heterocycles. The van der Waals surface area contributed by atoms with Gasteiger partial charge in [-0.2, -0.15) is 0 Å². The SMILES string of the molecule is CC.CC.CC.CC1Pc2ccc(N(C)c3ccc(F)cc3)cc2C(=O)N1CCc1ccccc1. The minimum absolute atomic E-state index is 0.0940. The van der Waals surface area contributed by atoms with Crippen LogP contribution in [0.2, 0.25) is 0 Å². The highest BCUT2D eigenvalue weighted by Crippen LogP contribution is 2.33. The van der Waals surface area contributed by atoms with E-state index >= 15 is 0 Å². The summed E-state index contributed by atoms with van der Waals surface area (Å²) in [6.45, 7) is 14.8. The number of fused-ring (bicyclic) bond motifs is 1. The van der Waals surface area contributed by atoms with Gasteiger partial charge in [-0.05, 0) is 60.6 Å². The third kappa shape index (κ3) is 8.18. The maximum absolute atomic E-state index is 13.3. The van der Waals surface area contributed by atoms with E-state index < -0.39 is 0 Å². The van der Waals surface area contributed by atoms with Crippen LogP contribution in [0.3, 0.4) is 0 Å². The predicted octanol–water partition coefficient (Wildman–Crippen LogP) is 8.02. The van der Waals surface area contributed by atoms with E-state index in [1.54, 1.807) is 12.1 Å². The van der Waals surface area contributed by atoms with Crippen molar-refractivity contribution in [2.24, 2.45) is 0 Å². The summed E-state index contributed by atoms with van der Waals surface area (Å²) in [5.41, 5.74) is 3.82. The Hall–Kier alpha value is -2.71. The van der Waals surface area contributed by atoms with Crippen molar-refractivity contribution in [1.29, 1.82) is 0 Å². The van der Waals surface area contributed by atoms with Gasteiger partial charge in [0.05, 0.1) is 5.78 Å². The van der Waals surface area contributed by atoms with Crippen molar-refractivity contribution in [3.63, 3.8) is 0 Å². The van der Waals surface area contributed by atoms with Gasteiger partial charge in [-0.1, -0.05) is 86.5 Å². The Kier molecular flexibility index (Phi) is 13.9. The van der Waals surface area contributed by atoms with Crippen LogP contribution in [0.5, 0.6) is 0 Å². The number of halogens is 1. The molecule has 3 nitrogen and oxygen atoms in total. The highest BCUT2D eigenvalue weighted by Gasteiger charge is 2.30. The van der Waals surface area contributed by atoms with Crippen LogP contribution in [0, 0.1) is 5.82 Å². The zero-order valence-corrected chi connectivity index (χ0v) is 23.6. The third-order valence-corrected chi connectivity index (χ3v) is 6.89. The molecule has 0 saturated carbocycles. The molecule has 190 valence electrons. The summed E-state index contributed by atoms with van der Waals surface area (Å²) in [7, 11) is 2.50. The first-order valence-electron chi connectivity index (χ1n) is 12.8. The number of rotatable bonds is 5. The average Bonchev–Trinajstić information content (AvgIpc) is 2.92. The van der Waals surface area contributed by atoms with Gasteiger partial charge < -0.3 is 9.80 Å². The van der Waals surface area contributed by atoms with Gasteiger partial charge in [0.15, 0.2) is 0 Å². The Balaban J connectivity index is 0.000000949. The number of hydrogen-bond acceptors (Lipinski definition) is 2. The molecule has 2 unspecified atom stereocenters. The topological polar surface area (TPSA) is 23.6 Å². The first-order chi connectivity index (χ1) is 17.0. The van der Waals surface area contributed by atoms with Crippen LogP contribution in [-0.4, -0.2) is 30.2 Å². The molecule has 5 heteroatoms. The lowest BCUT2D eigenvalue weighted by atomic mass is 10.1. The smallest absolute Gasteiger partial charge is 0.255 e. The van der Waals surface area contributed by atoms with E-state index in [0.717, 1.165) is 28.7 Å². The second kappa shape index (κ2) is 16.1. The van der Waals surface area contributed by atoms with Gasteiger partial charge in [0.1, 0.15) is 5.82 Å². The summed E-state index contributed by atoms with van der Waals surface area (Å²) in [4.78, 5) is 17.2. The molecule has 4 rings (SSSR count). The standard InChI is InChI=1S/C24H24FN2OP.3C2H6/c1-17-27(15-14-18-6-4-3-5-7-18)24(28)22-16-21(12-13-23(22)29-17)26(2)20-10-8-19(25)9-11-20;3*1-2/h3-13,16-17,29H,14-15H2,1-2H3;3*1-2H3. The normalized spacial score (nSPS) is 14.4. The number of nitrogens with zero attached hydrogens (tertiary/aromatic N) is 2. The van der Waals surface area contributed by atoms with E-state index in [-0.39, 0.29) is 17.5 Å². The van der Waals surface area contributed by atoms with Crippen LogP contribution >= 0.6 is 8.58 Å². The minimum atomic E-state index is -0.257. The largest absolute Gasteiger partial charge is 0.345 e. The molecule has 0 aliphatic carbocycles. The van der Waals surface area contributed by atoms with Crippen LogP contribution in [0.15, 0.2) is 72.8 Å². The van der Waals surface area contributed by atoms with Crippen LogP contribution in [-0.2, 0) is 6.42 Å². The summed E-state index contributed by atoms with van der Waals surface area (Å²) >= 11 is 0. The van der Waals surface area contributed by atoms with E-state index in [1.807, 2.05) is 88.7 Å². The molecule has 1 aliphatic heterocycles. The Morgan fingerprint density at radius 3 is 2.03 bits per heavy atom. The molecule has 1 amide bonds. The summed E-state index contributed by atoms with van der Waals surface area (Å²) in [6.07, 6.45) is 0.853. The van der Waals surface area contributed by atoms with Gasteiger partial charge in [-0.3, -0.25) is 4.79 Å². The maximum atomic E-state index is 13.3. The van der Waals surface area contributed by atoms with E-state index in [4.69, 9.17) is 0 Å². The first kappa shape index (κ1) is 30.3. The lowest BCUT2D eigenvalue weighted by Crippen LogP contribution is -2.44. The lowest BCUT2D eigenvalue weighted by Gasteiger charge is -2.35. The lowest BCUT2D eigenvalue weighted by molar-refractivity contribution is 0.0744. The van der Waals surface area contributed by atoms with Crippen molar-refractivity contribution in [3.05, 3.63) is 89.7 Å². The third-order valence-electron chi connectivity index (χ3n) is 5.41. The van der Waals surface area contributed by atoms with Crippen LogP contribution in [0.1, 0.15) is 64.4 Å². The van der Waals surface area contributed by atoms with Crippen molar-refractivity contribution in [1.82, 2.24) is 4.90 Å². The fourth-order valence-corrected chi connectivity index (χ4v) is 5.05. The molecular weight excluding hydrogens is 454 g/mol. The monoisotopic (exact) mass is 496 g/mol. The van der Waals surface area contributed by atoms with E-state index in [1.165, 1.54) is 17.7 Å². The van der Waals surface area contributed by atoms with Crippen LogP contribution in [0.4, 0.5) is 15.8 Å². The van der Waals surface area contributed by atoms with Gasteiger partial charge >= 0.3 is 0 Å². The summed E-state index contributed by atoms with van der Waals surface area (Å²) < 4.78 is 13.2. The first-order valence-corrected chi connectivity index (χ1v) is 13.9. The zero-order valence-electron chi connectivity index (χ0n) is 22.6. The van der Waals surface area contributed by atoms with E-state index in [2.05, 4.69) is 25.1 Å². The number of amides is 1. The fourth-order valence-electron chi connectivity index (χ4n) is 3.68. The van der Waals surface area contributed by atoms with Gasteiger partial charge in [0.25, 0.3) is 5.91 Å². The number of benzene rings is 3. The summed E-state index contributed by atoms with van der Waals surface area (Å²) in [5.74, 6) is 0.0444. The van der Waals surface area contributed by atoms with Gasteiger partial charge in [0.2, 0.25) is 0 Å². The molecule has 1 heterocycles. The van der Waals surface area contributed by atoms with Crippen molar-refractivity contribution in [2.75, 3.05) is 18.5 Å². The molecule has 2 atom stereocenters. The molecule has 0 radical (unpaired) electrons. The van der Waals surface area contributed by atoms with Crippen molar-refractivity contribution >= 4 is 31.2 Å². The van der Waals surface area contributed by atoms with Crippen molar-refractivity contribution in [2.45, 2.75) is 60.7 Å². The van der Waals surface area contributed by atoms with Crippen LogP contribution in [0.25, 0.3) is 0 Å². The Morgan fingerprint density at radius 1 is 0.857 bits per heavy atom. The molecule has 3 aromatic rings. The minimum Gasteiger partial charge on any atom is -0.345 e. The van der Waals surface area contributed by atoms with Gasteiger partial charge in [-0.15, -0.1) is 0 Å². The molecule has 0 fully saturated rings. The fraction of sp³-hybridized carbons (Fsp3) is 0.367. The van der Waals surface area contributed by atoms with Gasteiger partial charge in [-0.25, -0.2) is 4.39 Å². The predicted molar refractivity (Wildman–Crippen MR) is 154 cm³/mol. The van der Waals surface area contributed by atoms with Gasteiger partial charge in [0, 0.05) is 30.5 Å². The molecule has 0 saturated heterocycles.